The van der Waals surface area contributed by atoms with E-state index >= 15 is 0 Å². The number of ether oxygens (including phenoxy) is 7. The van der Waals surface area contributed by atoms with Crippen LogP contribution in [0.1, 0.15) is 128 Å². The number of fused-ring (bicyclic) bond motifs is 1. The molecule has 1 saturated heterocycles. The fourth-order valence-electron chi connectivity index (χ4n) is 7.04. The Morgan fingerprint density at radius 1 is 0.542 bits per heavy atom. The van der Waals surface area contributed by atoms with Gasteiger partial charge in [0.15, 0.2) is 30.7 Å². The van der Waals surface area contributed by atoms with Gasteiger partial charge in [-0.1, -0.05) is 89.2 Å². The summed E-state index contributed by atoms with van der Waals surface area (Å²) in [7, 11) is -9.84. The van der Waals surface area contributed by atoms with Crippen molar-refractivity contribution in [3.8, 4) is 28.7 Å². The summed E-state index contributed by atoms with van der Waals surface area (Å²) in [6.07, 6.45) is -8.71. The second kappa shape index (κ2) is 21.8. The zero-order chi connectivity index (χ0) is 55.1. The Morgan fingerprint density at radius 2 is 0.986 bits per heavy atom. The molecule has 2 aliphatic rings. The van der Waals surface area contributed by atoms with E-state index in [9.17, 15) is 19.2 Å². The summed E-state index contributed by atoms with van der Waals surface area (Å²) in [5.74, 6) is 0.0401. The molecule has 0 aromatic heterocycles. The van der Waals surface area contributed by atoms with Crippen LogP contribution >= 0.6 is 0 Å². The first-order chi connectivity index (χ1) is 32.5. The molecule has 1 fully saturated rings. The van der Waals surface area contributed by atoms with Crippen LogP contribution in [0.3, 0.4) is 0 Å². The predicted octanol–water partition coefficient (Wildman–Crippen LogP) is 12.4. The molecule has 0 aliphatic carbocycles. The van der Waals surface area contributed by atoms with E-state index in [-0.39, 0.29) is 26.6 Å². The van der Waals surface area contributed by atoms with Crippen LogP contribution in [0.5, 0.6) is 28.7 Å². The summed E-state index contributed by atoms with van der Waals surface area (Å²) in [5.41, 5.74) is 1.39. The van der Waals surface area contributed by atoms with Gasteiger partial charge in [-0.05, 0) is 90.2 Å². The van der Waals surface area contributed by atoms with Crippen LogP contribution in [0, 0.1) is 0 Å². The molecule has 0 spiro atoms. The van der Waals surface area contributed by atoms with Crippen LogP contribution in [0.15, 0.2) is 30.3 Å². The SMILES string of the molecule is CC(=O)OC[C@H]1O[C@@H](O[C@H]2Cc3c(cc(O[Si](C)(C)C(C)(C)C)cc3O[Si](C)(C)C(C)(C)C)O[C@@H]2c2ccc(O[Si](C)(C)C(C)(C)C)c(O[Si](C)(C)C(C)(C)C)c2)[C@H](OC(C)=O)[C@@H](OC(C)=O)[C@@H]1OC(C)=O. The van der Waals surface area contributed by atoms with Crippen molar-refractivity contribution in [2.75, 3.05) is 6.61 Å². The molecule has 7 atom stereocenters. The van der Waals surface area contributed by atoms with E-state index in [4.69, 9.17) is 50.9 Å². The van der Waals surface area contributed by atoms with Crippen molar-refractivity contribution in [2.24, 2.45) is 0 Å². The van der Waals surface area contributed by atoms with Crippen LogP contribution in [-0.4, -0.2) is 101 Å². The average Bonchev–Trinajstić information content (AvgIpc) is 3.17. The van der Waals surface area contributed by atoms with Gasteiger partial charge in [0.2, 0.25) is 16.6 Å². The molecule has 2 aliphatic heterocycles. The molecule has 0 N–H and O–H groups in total. The fraction of sp³-hybridized carbons (Fsp3) is 0.698. The Hall–Kier alpha value is -3.89. The first kappa shape index (κ1) is 60.7. The van der Waals surface area contributed by atoms with Crippen molar-refractivity contribution in [1.29, 1.82) is 0 Å². The quantitative estimate of drug-likeness (QED) is 0.0883. The highest BCUT2D eigenvalue weighted by molar-refractivity contribution is 6.76. The normalized spacial score (nSPS) is 22.4. The number of carbonyl (C=O) groups excluding carboxylic acids is 4. The van der Waals surface area contributed by atoms with Gasteiger partial charge < -0.3 is 50.9 Å². The average molecular weight is 1080 g/mol. The van der Waals surface area contributed by atoms with Crippen LogP contribution in [0.25, 0.3) is 0 Å². The van der Waals surface area contributed by atoms with E-state index in [0.717, 1.165) is 0 Å². The Morgan fingerprint density at radius 3 is 1.46 bits per heavy atom. The third-order valence-electron chi connectivity index (χ3n) is 15.4. The number of esters is 4. The molecular formula is C53H88O15Si4. The highest BCUT2D eigenvalue weighted by Crippen LogP contribution is 2.51. The molecule has 4 rings (SSSR count). The van der Waals surface area contributed by atoms with Gasteiger partial charge in [-0.25, -0.2) is 0 Å². The lowest BCUT2D eigenvalue weighted by Gasteiger charge is -2.46. The molecule has 19 heteroatoms. The lowest BCUT2D eigenvalue weighted by Crippen LogP contribution is -2.63. The summed E-state index contributed by atoms with van der Waals surface area (Å²) >= 11 is 0. The number of hydrogen-bond acceptors (Lipinski definition) is 15. The van der Waals surface area contributed by atoms with Gasteiger partial charge in [0, 0.05) is 51.8 Å². The van der Waals surface area contributed by atoms with Crippen molar-refractivity contribution in [3.05, 3.63) is 41.5 Å². The highest BCUT2D eigenvalue weighted by Gasteiger charge is 2.55. The molecular weight excluding hydrogens is 989 g/mol. The fourth-order valence-corrected chi connectivity index (χ4v) is 11.1. The molecule has 72 heavy (non-hydrogen) atoms. The van der Waals surface area contributed by atoms with Crippen LogP contribution in [0.2, 0.25) is 72.5 Å². The van der Waals surface area contributed by atoms with Gasteiger partial charge >= 0.3 is 23.9 Å². The molecule has 2 aromatic carbocycles. The molecule has 2 aromatic rings. The largest absolute Gasteiger partial charge is 0.543 e. The van der Waals surface area contributed by atoms with Crippen LogP contribution in [0.4, 0.5) is 0 Å². The molecule has 0 saturated carbocycles. The maximum absolute atomic E-state index is 13.0. The smallest absolute Gasteiger partial charge is 0.303 e. The Balaban J connectivity index is 2.09. The standard InChI is InChI=1S/C53H88O15Si4/c1-32(54)58-31-44-46(59-33(2)55)47(60-34(3)56)48(61-35(4)57)49(64-44)63-43-30-38-40(28-37(65-69(17,18)50(5,6)7)29-41(38)67-71(21,22)52(11,12)13)62-45(43)36-25-26-39(66-70(19,20)51(8,9)10)42(27-36)68-72(23,24)53(14,15)16/h25-29,43-49H,30-31H2,1-24H3/t43-,44+,45+,46+,47-,48+,49+/m0/s1. The number of carbonyl (C=O) groups is 4. The minimum absolute atomic E-state index is 0.117. The van der Waals surface area contributed by atoms with Gasteiger partial charge in [0.25, 0.3) is 16.6 Å². The van der Waals surface area contributed by atoms with E-state index in [2.05, 4.69) is 135 Å². The van der Waals surface area contributed by atoms with E-state index < -0.39 is 107 Å². The number of hydrogen-bond donors (Lipinski definition) is 0. The lowest BCUT2D eigenvalue weighted by molar-refractivity contribution is -0.322. The van der Waals surface area contributed by atoms with Gasteiger partial charge in [-0.15, -0.1) is 0 Å². The van der Waals surface area contributed by atoms with Crippen molar-refractivity contribution in [3.63, 3.8) is 0 Å². The molecule has 0 bridgehead atoms. The van der Waals surface area contributed by atoms with Gasteiger partial charge in [-0.2, -0.15) is 0 Å². The van der Waals surface area contributed by atoms with E-state index in [1.54, 1.807) is 0 Å². The minimum Gasteiger partial charge on any atom is -0.543 e. The van der Waals surface area contributed by atoms with Gasteiger partial charge in [-0.3, -0.25) is 19.2 Å². The van der Waals surface area contributed by atoms with Gasteiger partial charge in [0.05, 0.1) is 0 Å². The summed E-state index contributed by atoms with van der Waals surface area (Å²) < 4.78 is 72.1. The number of benzene rings is 2. The maximum Gasteiger partial charge on any atom is 0.303 e. The summed E-state index contributed by atoms with van der Waals surface area (Å²) in [4.78, 5) is 50.7. The maximum atomic E-state index is 13.0. The van der Waals surface area contributed by atoms with Crippen molar-refractivity contribution in [1.82, 2.24) is 0 Å². The summed E-state index contributed by atoms with van der Waals surface area (Å²) in [6.45, 7) is 48.1. The predicted molar refractivity (Wildman–Crippen MR) is 288 cm³/mol. The summed E-state index contributed by atoms with van der Waals surface area (Å²) in [6, 6.07) is 9.72. The second-order valence-electron chi connectivity index (χ2n) is 25.5. The highest BCUT2D eigenvalue weighted by atomic mass is 28.4. The van der Waals surface area contributed by atoms with Gasteiger partial charge in [0.1, 0.15) is 47.6 Å². The molecule has 0 unspecified atom stereocenters. The van der Waals surface area contributed by atoms with Crippen LogP contribution in [-0.2, 0) is 54.0 Å². The summed E-state index contributed by atoms with van der Waals surface area (Å²) in [5, 5.41) is -0.592. The zero-order valence-electron chi connectivity index (χ0n) is 48.0. The Bertz CT molecular complexity index is 2280. The third kappa shape index (κ3) is 14.7. The minimum atomic E-state index is -2.53. The first-order valence-electron chi connectivity index (χ1n) is 25.2. The third-order valence-corrected chi connectivity index (χ3v) is 32.8. The van der Waals surface area contributed by atoms with Crippen molar-refractivity contribution < 1.29 is 70.0 Å². The first-order valence-corrected chi connectivity index (χ1v) is 36.8. The molecule has 15 nitrogen and oxygen atoms in total. The monoisotopic (exact) mass is 1080 g/mol. The van der Waals surface area contributed by atoms with E-state index in [0.29, 0.717) is 39.9 Å². The number of rotatable bonds is 16. The lowest BCUT2D eigenvalue weighted by atomic mass is 9.93. The van der Waals surface area contributed by atoms with Crippen LogP contribution < -0.4 is 22.4 Å². The molecule has 0 radical (unpaired) electrons. The Kier molecular flexibility index (Phi) is 18.3. The van der Waals surface area contributed by atoms with Crippen molar-refractivity contribution in [2.45, 2.75) is 233 Å². The van der Waals surface area contributed by atoms with E-state index in [1.807, 2.05) is 30.3 Å². The van der Waals surface area contributed by atoms with Crippen molar-refractivity contribution >= 4 is 57.1 Å². The second-order valence-corrected chi connectivity index (χ2v) is 44.4. The molecule has 2 heterocycles. The van der Waals surface area contributed by atoms with E-state index in [1.165, 1.54) is 27.7 Å². The molecule has 0 amide bonds. The molecule has 406 valence electrons. The Labute approximate surface area is 434 Å². The topological polar surface area (TPSA) is 170 Å². The zero-order valence-corrected chi connectivity index (χ0v) is 52.0.